The van der Waals surface area contributed by atoms with E-state index in [2.05, 4.69) is 15.0 Å². The van der Waals surface area contributed by atoms with Gasteiger partial charge in [-0.25, -0.2) is 0 Å². The van der Waals surface area contributed by atoms with E-state index in [0.717, 1.165) is 0 Å². The molecule has 0 radical (unpaired) electrons. The first-order valence-corrected chi connectivity index (χ1v) is 5.05. The molecule has 1 atom stereocenters. The summed E-state index contributed by atoms with van der Waals surface area (Å²) in [6.07, 6.45) is 0.536. The van der Waals surface area contributed by atoms with Gasteiger partial charge >= 0.3 is 0 Å². The SMILES string of the molecule is CCC(C)(O)CNC(=O)c1cc(CO)on1. The molecule has 1 aromatic rings. The number of carbonyl (C=O) groups excluding carboxylic acids is 1. The molecule has 0 aliphatic heterocycles. The molecule has 1 aromatic heterocycles. The monoisotopic (exact) mass is 228 g/mol. The van der Waals surface area contributed by atoms with Crippen LogP contribution in [0, 0.1) is 0 Å². The van der Waals surface area contributed by atoms with Crippen molar-refractivity contribution in [1.82, 2.24) is 10.5 Å². The van der Waals surface area contributed by atoms with Gasteiger partial charge in [0.1, 0.15) is 6.61 Å². The van der Waals surface area contributed by atoms with Crippen LogP contribution in [0.3, 0.4) is 0 Å². The summed E-state index contributed by atoms with van der Waals surface area (Å²) in [4.78, 5) is 11.5. The molecule has 1 heterocycles. The maximum absolute atomic E-state index is 11.5. The molecule has 0 bridgehead atoms. The minimum absolute atomic E-state index is 0.0935. The Kier molecular flexibility index (Phi) is 4.03. The van der Waals surface area contributed by atoms with E-state index in [1.54, 1.807) is 6.92 Å². The van der Waals surface area contributed by atoms with E-state index in [9.17, 15) is 9.90 Å². The normalized spacial score (nSPS) is 14.5. The second-order valence-electron chi connectivity index (χ2n) is 3.87. The lowest BCUT2D eigenvalue weighted by atomic mass is 10.0. The average molecular weight is 228 g/mol. The van der Waals surface area contributed by atoms with E-state index in [0.29, 0.717) is 6.42 Å². The number of amides is 1. The molecule has 1 unspecified atom stereocenters. The van der Waals surface area contributed by atoms with Gasteiger partial charge in [-0.15, -0.1) is 0 Å². The van der Waals surface area contributed by atoms with Gasteiger partial charge in [-0.05, 0) is 13.3 Å². The van der Waals surface area contributed by atoms with E-state index >= 15 is 0 Å². The Morgan fingerprint density at radius 3 is 2.88 bits per heavy atom. The number of aromatic nitrogens is 1. The van der Waals surface area contributed by atoms with Crippen LogP contribution in [-0.2, 0) is 6.61 Å². The Balaban J connectivity index is 2.53. The van der Waals surface area contributed by atoms with E-state index in [1.165, 1.54) is 6.07 Å². The summed E-state index contributed by atoms with van der Waals surface area (Å²) >= 11 is 0. The summed E-state index contributed by atoms with van der Waals surface area (Å²) < 4.78 is 4.67. The molecule has 0 saturated heterocycles. The summed E-state index contributed by atoms with van der Waals surface area (Å²) in [5, 5.41) is 24.4. The zero-order valence-electron chi connectivity index (χ0n) is 9.36. The van der Waals surface area contributed by atoms with Crippen molar-refractivity contribution in [3.05, 3.63) is 17.5 Å². The average Bonchev–Trinajstić information content (AvgIpc) is 2.74. The highest BCUT2D eigenvalue weighted by Crippen LogP contribution is 2.07. The number of hydrogen-bond donors (Lipinski definition) is 3. The van der Waals surface area contributed by atoms with Gasteiger partial charge in [0, 0.05) is 12.6 Å². The summed E-state index contributed by atoms with van der Waals surface area (Å²) in [5.74, 6) is -0.204. The van der Waals surface area contributed by atoms with Crippen molar-refractivity contribution in [2.24, 2.45) is 0 Å². The lowest BCUT2D eigenvalue weighted by molar-refractivity contribution is 0.0516. The van der Waals surface area contributed by atoms with E-state index in [-0.39, 0.29) is 24.6 Å². The van der Waals surface area contributed by atoms with Crippen LogP contribution < -0.4 is 5.32 Å². The standard InChI is InChI=1S/C10H16N2O4/c1-3-10(2,15)6-11-9(14)8-4-7(5-13)16-12-8/h4,13,15H,3,5-6H2,1-2H3,(H,11,14). The number of nitrogens with zero attached hydrogens (tertiary/aromatic N) is 1. The van der Waals surface area contributed by atoms with Crippen molar-refractivity contribution in [1.29, 1.82) is 0 Å². The first kappa shape index (κ1) is 12.7. The number of aliphatic hydroxyl groups excluding tert-OH is 1. The first-order valence-electron chi connectivity index (χ1n) is 5.05. The van der Waals surface area contributed by atoms with Crippen LogP contribution in [0.5, 0.6) is 0 Å². The topological polar surface area (TPSA) is 95.6 Å². The summed E-state index contributed by atoms with van der Waals surface area (Å²) in [5.41, 5.74) is -0.838. The number of rotatable bonds is 5. The summed E-state index contributed by atoms with van der Waals surface area (Å²) in [6.45, 7) is 3.30. The molecular weight excluding hydrogens is 212 g/mol. The van der Waals surface area contributed by atoms with Crippen molar-refractivity contribution in [3.8, 4) is 0 Å². The number of carbonyl (C=O) groups is 1. The van der Waals surface area contributed by atoms with Crippen LogP contribution in [0.15, 0.2) is 10.6 Å². The van der Waals surface area contributed by atoms with Gasteiger partial charge in [-0.2, -0.15) is 0 Å². The van der Waals surface area contributed by atoms with Crippen LogP contribution in [0.1, 0.15) is 36.5 Å². The molecule has 0 aliphatic carbocycles. The van der Waals surface area contributed by atoms with Gasteiger partial charge in [0.15, 0.2) is 11.5 Å². The van der Waals surface area contributed by atoms with Gasteiger partial charge in [0.2, 0.25) is 0 Å². The van der Waals surface area contributed by atoms with Crippen molar-refractivity contribution in [2.45, 2.75) is 32.5 Å². The first-order chi connectivity index (χ1) is 7.48. The molecule has 1 rings (SSSR count). The largest absolute Gasteiger partial charge is 0.388 e. The third-order valence-corrected chi connectivity index (χ3v) is 2.34. The Morgan fingerprint density at radius 1 is 1.69 bits per heavy atom. The van der Waals surface area contributed by atoms with Gasteiger partial charge in [0.05, 0.1) is 5.60 Å². The highest BCUT2D eigenvalue weighted by atomic mass is 16.5. The maximum atomic E-state index is 11.5. The van der Waals surface area contributed by atoms with Crippen LogP contribution in [0.4, 0.5) is 0 Å². The van der Waals surface area contributed by atoms with E-state index in [1.807, 2.05) is 6.92 Å². The quantitative estimate of drug-likeness (QED) is 0.662. The zero-order valence-corrected chi connectivity index (χ0v) is 9.36. The fraction of sp³-hybridized carbons (Fsp3) is 0.600. The molecule has 16 heavy (non-hydrogen) atoms. The Hall–Kier alpha value is -1.40. The molecule has 6 nitrogen and oxygen atoms in total. The third-order valence-electron chi connectivity index (χ3n) is 2.34. The molecule has 0 aromatic carbocycles. The maximum Gasteiger partial charge on any atom is 0.273 e. The predicted molar refractivity (Wildman–Crippen MR) is 55.7 cm³/mol. The lowest BCUT2D eigenvalue weighted by Gasteiger charge is -2.20. The number of nitrogens with one attached hydrogen (secondary N) is 1. The van der Waals surface area contributed by atoms with Gasteiger partial charge in [0.25, 0.3) is 5.91 Å². The van der Waals surface area contributed by atoms with Crippen molar-refractivity contribution < 1.29 is 19.5 Å². The smallest absolute Gasteiger partial charge is 0.273 e. The van der Waals surface area contributed by atoms with Crippen LogP contribution in [-0.4, -0.2) is 33.4 Å². The fourth-order valence-corrected chi connectivity index (χ4v) is 0.981. The van der Waals surface area contributed by atoms with Crippen LogP contribution in [0.2, 0.25) is 0 Å². The molecule has 90 valence electrons. The van der Waals surface area contributed by atoms with Crippen molar-refractivity contribution in [2.75, 3.05) is 6.54 Å². The Morgan fingerprint density at radius 2 is 2.38 bits per heavy atom. The summed E-state index contributed by atoms with van der Waals surface area (Å²) in [7, 11) is 0. The van der Waals surface area contributed by atoms with Crippen molar-refractivity contribution >= 4 is 5.91 Å². The third kappa shape index (κ3) is 3.32. The molecule has 0 aliphatic rings. The highest BCUT2D eigenvalue weighted by molar-refractivity contribution is 5.92. The lowest BCUT2D eigenvalue weighted by Crippen LogP contribution is -2.40. The van der Waals surface area contributed by atoms with Gasteiger partial charge in [-0.3, -0.25) is 4.79 Å². The molecule has 0 spiro atoms. The van der Waals surface area contributed by atoms with E-state index in [4.69, 9.17) is 5.11 Å². The summed E-state index contributed by atoms with van der Waals surface area (Å²) in [6, 6.07) is 1.36. The molecule has 0 saturated carbocycles. The molecular formula is C10H16N2O4. The highest BCUT2D eigenvalue weighted by Gasteiger charge is 2.20. The number of aliphatic hydroxyl groups is 2. The van der Waals surface area contributed by atoms with E-state index < -0.39 is 11.5 Å². The Labute approximate surface area is 93.3 Å². The molecule has 3 N–H and O–H groups in total. The minimum Gasteiger partial charge on any atom is -0.388 e. The molecule has 6 heteroatoms. The fourth-order valence-electron chi connectivity index (χ4n) is 0.981. The van der Waals surface area contributed by atoms with Crippen LogP contribution in [0.25, 0.3) is 0 Å². The molecule has 0 fully saturated rings. The minimum atomic E-state index is -0.931. The second kappa shape index (κ2) is 5.09. The zero-order chi connectivity index (χ0) is 12.2. The predicted octanol–water partition coefficient (Wildman–Crippen LogP) is 0.0577. The van der Waals surface area contributed by atoms with Crippen molar-refractivity contribution in [3.63, 3.8) is 0 Å². The van der Waals surface area contributed by atoms with Crippen LogP contribution >= 0.6 is 0 Å². The van der Waals surface area contributed by atoms with Gasteiger partial charge in [-0.1, -0.05) is 12.1 Å². The molecule has 1 amide bonds. The Bertz CT molecular complexity index is 359. The number of hydrogen-bond acceptors (Lipinski definition) is 5. The second-order valence-corrected chi connectivity index (χ2v) is 3.87. The van der Waals surface area contributed by atoms with Gasteiger partial charge < -0.3 is 20.1 Å².